The van der Waals surface area contributed by atoms with Crippen LogP contribution in [0.2, 0.25) is 0 Å². The molecular weight excluding hydrogens is 486 g/mol. The minimum atomic E-state index is -0.851. The molecule has 1 atom stereocenters. The maximum absolute atomic E-state index is 13.5. The van der Waals surface area contributed by atoms with E-state index in [1.54, 1.807) is 61.5 Å². The van der Waals surface area contributed by atoms with Crippen molar-refractivity contribution in [1.82, 2.24) is 14.8 Å². The van der Waals surface area contributed by atoms with Crippen molar-refractivity contribution in [3.8, 4) is 5.75 Å². The van der Waals surface area contributed by atoms with E-state index < -0.39 is 17.7 Å². The van der Waals surface area contributed by atoms with Crippen LogP contribution in [0.1, 0.15) is 63.4 Å². The second-order valence-corrected chi connectivity index (χ2v) is 10.5. The maximum atomic E-state index is 13.5. The van der Waals surface area contributed by atoms with Crippen molar-refractivity contribution in [2.45, 2.75) is 58.0 Å². The molecule has 0 radical (unpaired) electrons. The number of piperidine rings is 1. The number of amides is 2. The number of aliphatic hydroxyl groups excluding tert-OH is 1. The molecule has 3 heterocycles. The van der Waals surface area contributed by atoms with Gasteiger partial charge >= 0.3 is 6.09 Å². The van der Waals surface area contributed by atoms with E-state index in [-0.39, 0.29) is 35.5 Å². The Morgan fingerprint density at radius 2 is 1.84 bits per heavy atom. The number of ketones is 1. The molecule has 0 spiro atoms. The van der Waals surface area contributed by atoms with E-state index in [9.17, 15) is 19.5 Å². The molecule has 1 aromatic heterocycles. The Bertz CT molecular complexity index is 1240. The number of aliphatic hydroxyl groups is 1. The fourth-order valence-electron chi connectivity index (χ4n) is 5.19. The van der Waals surface area contributed by atoms with Crippen LogP contribution in [0.4, 0.5) is 4.79 Å². The van der Waals surface area contributed by atoms with Crippen LogP contribution >= 0.6 is 0 Å². The van der Waals surface area contributed by atoms with Gasteiger partial charge in [-0.05, 0) is 55.5 Å². The largest absolute Gasteiger partial charge is 0.507 e. The molecule has 1 unspecified atom stereocenters. The minimum absolute atomic E-state index is 0.00606. The SMILES string of the molecule is CCOC(=O)N1CCC(N2C(=O)C(=O)/C(=C(/O)c3ccc(OC)c(C(C)(C)C)c3)C2c2ccccn2)CC1. The molecule has 0 aliphatic carbocycles. The molecule has 2 aliphatic rings. The van der Waals surface area contributed by atoms with E-state index in [1.165, 1.54) is 4.90 Å². The van der Waals surface area contributed by atoms with Gasteiger partial charge < -0.3 is 24.4 Å². The van der Waals surface area contributed by atoms with Gasteiger partial charge in [0, 0.05) is 36.5 Å². The Morgan fingerprint density at radius 1 is 1.13 bits per heavy atom. The van der Waals surface area contributed by atoms with Gasteiger partial charge in [-0.15, -0.1) is 0 Å². The number of likely N-dealkylation sites (tertiary alicyclic amines) is 2. The summed E-state index contributed by atoms with van der Waals surface area (Å²) in [5.74, 6) is -1.01. The molecule has 9 heteroatoms. The number of pyridine rings is 1. The van der Waals surface area contributed by atoms with Crippen molar-refractivity contribution >= 4 is 23.5 Å². The highest BCUT2D eigenvalue weighted by atomic mass is 16.6. The van der Waals surface area contributed by atoms with Crippen molar-refractivity contribution in [2.24, 2.45) is 0 Å². The number of nitrogens with zero attached hydrogens (tertiary/aromatic N) is 3. The molecule has 2 aliphatic heterocycles. The minimum Gasteiger partial charge on any atom is -0.507 e. The molecule has 0 bridgehead atoms. The number of ether oxygens (including phenoxy) is 2. The van der Waals surface area contributed by atoms with Crippen molar-refractivity contribution in [1.29, 1.82) is 0 Å². The lowest BCUT2D eigenvalue weighted by Gasteiger charge is -2.38. The third kappa shape index (κ3) is 5.10. The zero-order chi connectivity index (χ0) is 27.6. The van der Waals surface area contributed by atoms with Crippen LogP contribution in [-0.2, 0) is 19.7 Å². The van der Waals surface area contributed by atoms with Crippen molar-refractivity contribution in [3.63, 3.8) is 0 Å². The summed E-state index contributed by atoms with van der Waals surface area (Å²) in [6.07, 6.45) is 2.17. The first-order valence-corrected chi connectivity index (χ1v) is 12.9. The smallest absolute Gasteiger partial charge is 0.409 e. The summed E-state index contributed by atoms with van der Waals surface area (Å²) in [6.45, 7) is 8.93. The van der Waals surface area contributed by atoms with Crippen LogP contribution in [0, 0.1) is 0 Å². The average Bonchev–Trinajstić information content (AvgIpc) is 3.18. The zero-order valence-corrected chi connectivity index (χ0v) is 22.6. The van der Waals surface area contributed by atoms with E-state index in [2.05, 4.69) is 4.98 Å². The molecule has 2 amide bonds. The summed E-state index contributed by atoms with van der Waals surface area (Å²) < 4.78 is 10.6. The van der Waals surface area contributed by atoms with Crippen molar-refractivity contribution in [2.75, 3.05) is 26.8 Å². The number of Topliss-reactive ketones (excluding diaryl/α,β-unsaturated/α-hetero) is 1. The molecule has 1 aromatic carbocycles. The van der Waals surface area contributed by atoms with Crippen LogP contribution in [0.15, 0.2) is 48.2 Å². The number of carbonyl (C=O) groups excluding carboxylic acids is 3. The number of methoxy groups -OCH3 is 1. The lowest BCUT2D eigenvalue weighted by Crippen LogP contribution is -2.48. The van der Waals surface area contributed by atoms with Crippen LogP contribution in [0.5, 0.6) is 5.75 Å². The quantitative estimate of drug-likeness (QED) is 0.352. The topological polar surface area (TPSA) is 109 Å². The molecule has 0 saturated carbocycles. The summed E-state index contributed by atoms with van der Waals surface area (Å²) in [5, 5.41) is 11.5. The average molecular weight is 522 g/mol. The Labute approximate surface area is 223 Å². The normalized spacial score (nSPS) is 20.1. The fraction of sp³-hybridized carbons (Fsp3) is 0.448. The van der Waals surface area contributed by atoms with E-state index in [0.29, 0.717) is 42.9 Å². The Kier molecular flexibility index (Phi) is 7.76. The number of hydrogen-bond donors (Lipinski definition) is 1. The highest BCUT2D eigenvalue weighted by Crippen LogP contribution is 2.42. The van der Waals surface area contributed by atoms with Gasteiger partial charge in [-0.25, -0.2) is 4.79 Å². The Balaban J connectivity index is 1.77. The fourth-order valence-corrected chi connectivity index (χ4v) is 5.19. The molecule has 9 nitrogen and oxygen atoms in total. The molecule has 4 rings (SSSR count). The Morgan fingerprint density at radius 3 is 2.42 bits per heavy atom. The molecule has 2 saturated heterocycles. The number of carbonyl (C=O) groups is 3. The first kappa shape index (κ1) is 27.2. The highest BCUT2D eigenvalue weighted by Gasteiger charge is 2.50. The third-order valence-corrected chi connectivity index (χ3v) is 7.11. The Hall–Kier alpha value is -3.88. The van der Waals surface area contributed by atoms with E-state index >= 15 is 0 Å². The number of benzene rings is 1. The molecule has 202 valence electrons. The van der Waals surface area contributed by atoms with Crippen molar-refractivity contribution in [3.05, 3.63) is 65.0 Å². The summed E-state index contributed by atoms with van der Waals surface area (Å²) in [6, 6.07) is 9.37. The first-order chi connectivity index (χ1) is 18.1. The first-order valence-electron chi connectivity index (χ1n) is 12.9. The predicted molar refractivity (Wildman–Crippen MR) is 142 cm³/mol. The van der Waals surface area contributed by atoms with E-state index in [4.69, 9.17) is 9.47 Å². The lowest BCUT2D eigenvalue weighted by atomic mass is 9.84. The van der Waals surface area contributed by atoms with E-state index in [1.807, 2.05) is 20.8 Å². The number of hydrogen-bond acceptors (Lipinski definition) is 7. The van der Waals surface area contributed by atoms with Crippen molar-refractivity contribution < 1.29 is 29.0 Å². The van der Waals surface area contributed by atoms with Crippen LogP contribution in [0.3, 0.4) is 0 Å². The molecule has 38 heavy (non-hydrogen) atoms. The number of rotatable bonds is 5. The lowest BCUT2D eigenvalue weighted by molar-refractivity contribution is -0.142. The summed E-state index contributed by atoms with van der Waals surface area (Å²) in [7, 11) is 1.59. The van der Waals surface area contributed by atoms with Gasteiger partial charge in [-0.1, -0.05) is 26.8 Å². The standard InChI is InChI=1S/C29H35N3O6/c1-6-38-28(36)31-15-12-19(13-16-31)32-24(21-9-7-8-14-30-21)23(26(34)27(32)35)25(33)18-10-11-22(37-5)20(17-18)29(2,3)4/h7-11,14,17,19,24,33H,6,12-13,15-16H2,1-5H3/b25-23+. The van der Waals surface area contributed by atoms with E-state index in [0.717, 1.165) is 5.56 Å². The van der Waals surface area contributed by atoms with Gasteiger partial charge in [0.15, 0.2) is 0 Å². The van der Waals surface area contributed by atoms with Crippen LogP contribution in [-0.4, -0.2) is 70.5 Å². The molecule has 2 aromatic rings. The van der Waals surface area contributed by atoms with Gasteiger partial charge in [0.25, 0.3) is 11.7 Å². The summed E-state index contributed by atoms with van der Waals surface area (Å²) in [4.78, 5) is 46.7. The second-order valence-electron chi connectivity index (χ2n) is 10.5. The predicted octanol–water partition coefficient (Wildman–Crippen LogP) is 4.43. The molecule has 1 N–H and O–H groups in total. The maximum Gasteiger partial charge on any atom is 0.409 e. The third-order valence-electron chi connectivity index (χ3n) is 7.11. The van der Waals surface area contributed by atoms with Gasteiger partial charge in [0.2, 0.25) is 0 Å². The second kappa shape index (κ2) is 10.8. The monoisotopic (exact) mass is 521 g/mol. The molecular formula is C29H35N3O6. The zero-order valence-electron chi connectivity index (χ0n) is 22.6. The van der Waals surface area contributed by atoms with Crippen LogP contribution in [0.25, 0.3) is 5.76 Å². The number of aromatic nitrogens is 1. The van der Waals surface area contributed by atoms with Crippen LogP contribution < -0.4 is 4.74 Å². The van der Waals surface area contributed by atoms with Gasteiger partial charge in [-0.3, -0.25) is 14.6 Å². The molecule has 2 fully saturated rings. The van der Waals surface area contributed by atoms with Gasteiger partial charge in [0.1, 0.15) is 17.6 Å². The summed E-state index contributed by atoms with van der Waals surface area (Å²) >= 11 is 0. The van der Waals surface area contributed by atoms with Gasteiger partial charge in [-0.2, -0.15) is 0 Å². The van der Waals surface area contributed by atoms with Gasteiger partial charge in [0.05, 0.1) is 25.0 Å². The highest BCUT2D eigenvalue weighted by molar-refractivity contribution is 6.46. The summed E-state index contributed by atoms with van der Waals surface area (Å²) in [5.41, 5.74) is 1.49.